The molecule has 1 aromatic rings. The highest BCUT2D eigenvalue weighted by atomic mass is 16.5. The number of methoxy groups -OCH3 is 3. The molecule has 0 saturated heterocycles. The summed E-state index contributed by atoms with van der Waals surface area (Å²) in [6.45, 7) is 4.33. The molecular weight excluding hydrogens is 312 g/mol. The van der Waals surface area contributed by atoms with Crippen LogP contribution in [0.1, 0.15) is 26.7 Å². The minimum atomic E-state index is -0.174. The lowest BCUT2D eigenvalue weighted by Crippen LogP contribution is -2.34. The molecule has 1 N–H and O–H groups in total. The normalized spacial score (nSPS) is 10.0. The zero-order valence-electron chi connectivity index (χ0n) is 15.0. The smallest absolute Gasteiger partial charge is 0.223 e. The summed E-state index contributed by atoms with van der Waals surface area (Å²) in [7, 11) is 4.54. The molecule has 0 atom stereocenters. The SMILES string of the molecule is CCCNC(=O)CCN(C(C)=O)c1cc(OC)c(OC)c(OC)c1. The molecule has 0 aliphatic rings. The lowest BCUT2D eigenvalue weighted by Gasteiger charge is -2.23. The summed E-state index contributed by atoms with van der Waals surface area (Å²) in [6.07, 6.45) is 1.09. The molecule has 0 saturated carbocycles. The Labute approximate surface area is 142 Å². The van der Waals surface area contributed by atoms with Gasteiger partial charge in [-0.05, 0) is 6.42 Å². The lowest BCUT2D eigenvalue weighted by atomic mass is 10.2. The molecule has 0 fully saturated rings. The van der Waals surface area contributed by atoms with Crippen LogP contribution in [0.3, 0.4) is 0 Å². The van der Waals surface area contributed by atoms with Crippen molar-refractivity contribution < 1.29 is 23.8 Å². The molecule has 0 aliphatic heterocycles. The molecule has 0 unspecified atom stereocenters. The van der Waals surface area contributed by atoms with Crippen LogP contribution in [0.4, 0.5) is 5.69 Å². The molecule has 24 heavy (non-hydrogen) atoms. The second-order valence-corrected chi connectivity index (χ2v) is 5.15. The van der Waals surface area contributed by atoms with Gasteiger partial charge in [0.1, 0.15) is 0 Å². The predicted octanol–water partition coefficient (Wildman–Crippen LogP) is 1.98. The van der Waals surface area contributed by atoms with E-state index in [0.29, 0.717) is 29.5 Å². The van der Waals surface area contributed by atoms with Crippen LogP contribution in [-0.2, 0) is 9.59 Å². The molecule has 1 aromatic carbocycles. The van der Waals surface area contributed by atoms with Crippen LogP contribution >= 0.6 is 0 Å². The molecule has 0 spiro atoms. The van der Waals surface area contributed by atoms with E-state index < -0.39 is 0 Å². The van der Waals surface area contributed by atoms with Gasteiger partial charge in [0.2, 0.25) is 17.6 Å². The van der Waals surface area contributed by atoms with Crippen LogP contribution < -0.4 is 24.4 Å². The maximum atomic E-state index is 12.0. The van der Waals surface area contributed by atoms with Crippen LogP contribution in [0.25, 0.3) is 0 Å². The number of ether oxygens (including phenoxy) is 3. The molecule has 1 rings (SSSR count). The van der Waals surface area contributed by atoms with Crippen molar-refractivity contribution in [2.45, 2.75) is 26.7 Å². The lowest BCUT2D eigenvalue weighted by molar-refractivity contribution is -0.121. The third-order valence-corrected chi connectivity index (χ3v) is 3.48. The monoisotopic (exact) mass is 338 g/mol. The second-order valence-electron chi connectivity index (χ2n) is 5.15. The number of carbonyl (C=O) groups is 2. The number of amides is 2. The van der Waals surface area contributed by atoms with Crippen molar-refractivity contribution in [1.29, 1.82) is 0 Å². The van der Waals surface area contributed by atoms with E-state index in [4.69, 9.17) is 14.2 Å². The summed E-state index contributed by atoms with van der Waals surface area (Å²) in [5.41, 5.74) is 0.584. The minimum Gasteiger partial charge on any atom is -0.493 e. The van der Waals surface area contributed by atoms with Crippen molar-refractivity contribution in [1.82, 2.24) is 5.32 Å². The molecule has 0 bridgehead atoms. The van der Waals surface area contributed by atoms with Gasteiger partial charge in [-0.25, -0.2) is 0 Å². The first kappa shape index (κ1) is 19.6. The fourth-order valence-corrected chi connectivity index (χ4v) is 2.26. The first-order valence-electron chi connectivity index (χ1n) is 7.83. The fourth-order valence-electron chi connectivity index (χ4n) is 2.26. The van der Waals surface area contributed by atoms with E-state index in [0.717, 1.165) is 6.42 Å². The van der Waals surface area contributed by atoms with Crippen molar-refractivity contribution >= 4 is 17.5 Å². The Balaban J connectivity index is 3.04. The topological polar surface area (TPSA) is 77.1 Å². The average molecular weight is 338 g/mol. The molecule has 0 heterocycles. The number of hydrogen-bond acceptors (Lipinski definition) is 5. The fraction of sp³-hybridized carbons (Fsp3) is 0.529. The highest BCUT2D eigenvalue weighted by Gasteiger charge is 2.19. The second kappa shape index (κ2) is 9.64. The standard InChI is InChI=1S/C17H26N2O5/c1-6-8-18-16(21)7-9-19(12(2)20)13-10-14(22-3)17(24-5)15(11-13)23-4/h10-11H,6-9H2,1-5H3,(H,18,21). The van der Waals surface area contributed by atoms with Gasteiger partial charge in [0, 0.05) is 38.6 Å². The third-order valence-electron chi connectivity index (χ3n) is 3.48. The summed E-state index contributed by atoms with van der Waals surface area (Å²) in [4.78, 5) is 25.3. The largest absolute Gasteiger partial charge is 0.493 e. The molecule has 0 aliphatic carbocycles. The van der Waals surface area contributed by atoms with Gasteiger partial charge in [0.05, 0.1) is 27.0 Å². The number of anilines is 1. The van der Waals surface area contributed by atoms with Crippen LogP contribution in [0.5, 0.6) is 17.2 Å². The first-order chi connectivity index (χ1) is 11.5. The molecule has 7 heteroatoms. The van der Waals surface area contributed by atoms with E-state index in [1.165, 1.54) is 33.2 Å². The van der Waals surface area contributed by atoms with Gasteiger partial charge in [0.25, 0.3) is 0 Å². The Morgan fingerprint density at radius 3 is 2.08 bits per heavy atom. The van der Waals surface area contributed by atoms with Gasteiger partial charge in [0.15, 0.2) is 11.5 Å². The van der Waals surface area contributed by atoms with Crippen LogP contribution in [0, 0.1) is 0 Å². The van der Waals surface area contributed by atoms with E-state index in [2.05, 4.69) is 5.32 Å². The van der Waals surface area contributed by atoms with Crippen LogP contribution in [0.2, 0.25) is 0 Å². The number of benzene rings is 1. The number of rotatable bonds is 9. The van der Waals surface area contributed by atoms with E-state index in [1.54, 1.807) is 12.1 Å². The number of nitrogens with zero attached hydrogens (tertiary/aromatic N) is 1. The summed E-state index contributed by atoms with van der Waals surface area (Å²) >= 11 is 0. The van der Waals surface area contributed by atoms with Gasteiger partial charge < -0.3 is 24.4 Å². The van der Waals surface area contributed by atoms with E-state index in [9.17, 15) is 9.59 Å². The third kappa shape index (κ3) is 5.04. The van der Waals surface area contributed by atoms with Crippen LogP contribution in [0.15, 0.2) is 12.1 Å². The quantitative estimate of drug-likeness (QED) is 0.745. The molecular formula is C17H26N2O5. The highest BCUT2D eigenvalue weighted by molar-refractivity contribution is 5.93. The predicted molar refractivity (Wildman–Crippen MR) is 92.0 cm³/mol. The van der Waals surface area contributed by atoms with E-state index >= 15 is 0 Å². The van der Waals surface area contributed by atoms with E-state index in [1.807, 2.05) is 6.92 Å². The van der Waals surface area contributed by atoms with Gasteiger partial charge >= 0.3 is 0 Å². The highest BCUT2D eigenvalue weighted by Crippen LogP contribution is 2.41. The molecule has 134 valence electrons. The number of hydrogen-bond donors (Lipinski definition) is 1. The first-order valence-corrected chi connectivity index (χ1v) is 7.83. The summed E-state index contributed by atoms with van der Waals surface area (Å²) in [5.74, 6) is 1.10. The van der Waals surface area contributed by atoms with Crippen molar-refractivity contribution in [2.24, 2.45) is 0 Å². The Hall–Kier alpha value is -2.44. The Bertz CT molecular complexity index is 549. The van der Waals surface area contributed by atoms with Crippen molar-refractivity contribution in [3.63, 3.8) is 0 Å². The molecule has 0 radical (unpaired) electrons. The average Bonchev–Trinajstić information content (AvgIpc) is 2.58. The Morgan fingerprint density at radius 1 is 1.08 bits per heavy atom. The summed E-state index contributed by atoms with van der Waals surface area (Å²) < 4.78 is 15.9. The van der Waals surface area contributed by atoms with Crippen LogP contribution in [-0.4, -0.2) is 46.2 Å². The van der Waals surface area contributed by atoms with Crippen molar-refractivity contribution in [2.75, 3.05) is 39.3 Å². The molecule has 2 amide bonds. The number of nitrogens with one attached hydrogen (secondary N) is 1. The maximum absolute atomic E-state index is 12.0. The summed E-state index contributed by atoms with van der Waals surface area (Å²) in [5, 5.41) is 2.80. The maximum Gasteiger partial charge on any atom is 0.223 e. The van der Waals surface area contributed by atoms with Gasteiger partial charge in [-0.15, -0.1) is 0 Å². The van der Waals surface area contributed by atoms with Gasteiger partial charge in [-0.3, -0.25) is 9.59 Å². The zero-order valence-corrected chi connectivity index (χ0v) is 15.0. The molecule has 7 nitrogen and oxygen atoms in total. The Morgan fingerprint density at radius 2 is 1.67 bits per heavy atom. The van der Waals surface area contributed by atoms with E-state index in [-0.39, 0.29) is 24.8 Å². The summed E-state index contributed by atoms with van der Waals surface area (Å²) in [6, 6.07) is 3.37. The van der Waals surface area contributed by atoms with Crippen molar-refractivity contribution in [3.05, 3.63) is 12.1 Å². The number of carbonyl (C=O) groups excluding carboxylic acids is 2. The Kier molecular flexibility index (Phi) is 7.88. The molecule has 0 aromatic heterocycles. The zero-order chi connectivity index (χ0) is 18.1. The minimum absolute atomic E-state index is 0.0875. The van der Waals surface area contributed by atoms with Crippen molar-refractivity contribution in [3.8, 4) is 17.2 Å². The van der Waals surface area contributed by atoms with Gasteiger partial charge in [-0.1, -0.05) is 6.92 Å². The van der Waals surface area contributed by atoms with Gasteiger partial charge in [-0.2, -0.15) is 0 Å².